The number of hydrogen-bond donors (Lipinski definition) is 0. The Hall–Kier alpha value is -2.70. The highest BCUT2D eigenvalue weighted by Crippen LogP contribution is 2.19. The van der Waals surface area contributed by atoms with Gasteiger partial charge in [-0.15, -0.1) is 0 Å². The summed E-state index contributed by atoms with van der Waals surface area (Å²) >= 11 is 0. The van der Waals surface area contributed by atoms with Crippen molar-refractivity contribution in [3.8, 4) is 0 Å². The third-order valence-corrected chi connectivity index (χ3v) is 3.84. The third-order valence-electron chi connectivity index (χ3n) is 3.84. The maximum Gasteiger partial charge on any atom is 0.270 e. The molecule has 1 aliphatic carbocycles. The van der Waals surface area contributed by atoms with Crippen LogP contribution in [0.3, 0.4) is 0 Å². The highest BCUT2D eigenvalue weighted by molar-refractivity contribution is 5.85. The van der Waals surface area contributed by atoms with Crippen LogP contribution in [0.25, 0.3) is 23.1 Å². The van der Waals surface area contributed by atoms with Gasteiger partial charge in [-0.2, -0.15) is 0 Å². The molecule has 0 saturated carbocycles. The lowest BCUT2D eigenvalue weighted by atomic mass is 10.1. The summed E-state index contributed by atoms with van der Waals surface area (Å²) in [5.74, 6) is 0. The first-order valence-corrected chi connectivity index (χ1v) is 6.65. The van der Waals surface area contributed by atoms with Gasteiger partial charge >= 0.3 is 0 Å². The van der Waals surface area contributed by atoms with Crippen LogP contribution in [0.4, 0.5) is 5.69 Å². The zero-order chi connectivity index (χ0) is 15.1. The van der Waals surface area contributed by atoms with Gasteiger partial charge in [0.05, 0.1) is 4.92 Å². The molecule has 0 aliphatic heterocycles. The molecule has 0 amide bonds. The van der Waals surface area contributed by atoms with Crippen molar-refractivity contribution < 1.29 is 9.85 Å². The summed E-state index contributed by atoms with van der Waals surface area (Å²) in [5, 5.41) is 24.3. The lowest BCUT2D eigenvalue weighted by Gasteiger charge is -2.06. The molecule has 2 aromatic rings. The van der Waals surface area contributed by atoms with E-state index < -0.39 is 11.0 Å². The minimum Gasteiger partial charge on any atom is -0.341 e. The van der Waals surface area contributed by atoms with Crippen molar-refractivity contribution in [2.24, 2.45) is 0 Å². The Morgan fingerprint density at radius 3 is 2.71 bits per heavy atom. The molecule has 0 saturated heterocycles. The third kappa shape index (κ3) is 1.97. The number of benzene rings is 1. The predicted octanol–water partition coefficient (Wildman–Crippen LogP) is 1.18. The van der Waals surface area contributed by atoms with Gasteiger partial charge < -0.3 is 4.57 Å². The number of non-ortho nitro benzene ring substituents is 1. The smallest absolute Gasteiger partial charge is 0.270 e. The zero-order valence-corrected chi connectivity index (χ0v) is 11.4. The van der Waals surface area contributed by atoms with Crippen LogP contribution in [-0.2, 0) is 6.54 Å². The number of nitro groups is 2. The van der Waals surface area contributed by atoms with Crippen molar-refractivity contribution in [3.63, 3.8) is 0 Å². The second kappa shape index (κ2) is 4.69. The summed E-state index contributed by atoms with van der Waals surface area (Å²) in [7, 11) is 0. The molecule has 0 N–H and O–H groups in total. The average Bonchev–Trinajstić information content (AvgIpc) is 2.79. The Balaban J connectivity index is 2.40. The molecule has 0 spiro atoms. The van der Waals surface area contributed by atoms with E-state index in [1.54, 1.807) is 12.1 Å². The first-order chi connectivity index (χ1) is 10.0. The SMILES string of the molecule is CCn1c2c(c3cc([N+](=O)[O-])ccc31)=CC([N+](=O)[O-])CC=2. The molecule has 0 bridgehead atoms. The lowest BCUT2D eigenvalue weighted by molar-refractivity contribution is -0.503. The van der Waals surface area contributed by atoms with Crippen molar-refractivity contribution in [3.05, 3.63) is 49.0 Å². The number of fused-ring (bicyclic) bond motifs is 3. The molecule has 108 valence electrons. The fourth-order valence-corrected chi connectivity index (χ4v) is 2.88. The standard InChI is InChI=1S/C14H13N3O4/c1-2-15-13-5-3-9(16(18)19)7-11(13)12-8-10(17(20)21)4-6-14(12)15/h3,5-8,10H,2,4H2,1H3. The Bertz CT molecular complexity index is 882. The van der Waals surface area contributed by atoms with Crippen LogP contribution in [-0.4, -0.2) is 20.5 Å². The van der Waals surface area contributed by atoms with Gasteiger partial charge in [-0.25, -0.2) is 0 Å². The quantitative estimate of drug-likeness (QED) is 0.626. The van der Waals surface area contributed by atoms with Crippen molar-refractivity contribution in [2.75, 3.05) is 0 Å². The molecular weight excluding hydrogens is 274 g/mol. The van der Waals surface area contributed by atoms with Crippen molar-refractivity contribution >= 4 is 28.7 Å². The fourth-order valence-electron chi connectivity index (χ4n) is 2.88. The van der Waals surface area contributed by atoms with Gasteiger partial charge in [0.15, 0.2) is 0 Å². The van der Waals surface area contributed by atoms with Gasteiger partial charge in [0.2, 0.25) is 6.04 Å². The Morgan fingerprint density at radius 2 is 2.10 bits per heavy atom. The van der Waals surface area contributed by atoms with E-state index in [0.29, 0.717) is 18.4 Å². The number of hydrogen-bond acceptors (Lipinski definition) is 4. The second-order valence-corrected chi connectivity index (χ2v) is 4.96. The summed E-state index contributed by atoms with van der Waals surface area (Å²) in [5.41, 5.74) is 0.861. The number of rotatable bonds is 3. The molecule has 1 atom stereocenters. The minimum atomic E-state index is -0.771. The van der Waals surface area contributed by atoms with E-state index in [0.717, 1.165) is 16.1 Å². The van der Waals surface area contributed by atoms with Gasteiger partial charge in [0, 0.05) is 51.5 Å². The van der Waals surface area contributed by atoms with Crippen molar-refractivity contribution in [1.82, 2.24) is 4.57 Å². The Kier molecular flexibility index (Phi) is 2.97. The van der Waals surface area contributed by atoms with Crippen LogP contribution in [0.1, 0.15) is 13.3 Å². The normalized spacial score (nSPS) is 16.9. The summed E-state index contributed by atoms with van der Waals surface area (Å²) in [6.45, 7) is 2.69. The summed E-state index contributed by atoms with van der Waals surface area (Å²) in [6.07, 6.45) is 3.80. The lowest BCUT2D eigenvalue weighted by Crippen LogP contribution is -2.35. The van der Waals surface area contributed by atoms with E-state index >= 15 is 0 Å². The van der Waals surface area contributed by atoms with E-state index in [9.17, 15) is 20.2 Å². The summed E-state index contributed by atoms with van der Waals surface area (Å²) in [6, 6.07) is 3.89. The van der Waals surface area contributed by atoms with Gasteiger partial charge in [0.25, 0.3) is 5.69 Å². The Morgan fingerprint density at radius 1 is 1.33 bits per heavy atom. The predicted molar refractivity (Wildman–Crippen MR) is 77.8 cm³/mol. The van der Waals surface area contributed by atoms with Gasteiger partial charge in [0.1, 0.15) is 0 Å². The summed E-state index contributed by atoms with van der Waals surface area (Å²) < 4.78 is 2.03. The molecule has 21 heavy (non-hydrogen) atoms. The molecule has 7 heteroatoms. The number of aromatic nitrogens is 1. The maximum absolute atomic E-state index is 11.0. The highest BCUT2D eigenvalue weighted by atomic mass is 16.6. The zero-order valence-electron chi connectivity index (χ0n) is 11.4. The average molecular weight is 287 g/mol. The van der Waals surface area contributed by atoms with Crippen LogP contribution < -0.4 is 10.6 Å². The molecule has 1 aromatic carbocycles. The minimum absolute atomic E-state index is 0.00446. The van der Waals surface area contributed by atoms with E-state index in [4.69, 9.17) is 0 Å². The van der Waals surface area contributed by atoms with Crippen LogP contribution in [0, 0.1) is 20.2 Å². The van der Waals surface area contributed by atoms with Crippen LogP contribution in [0.5, 0.6) is 0 Å². The maximum atomic E-state index is 11.0. The molecule has 0 radical (unpaired) electrons. The van der Waals surface area contributed by atoms with E-state index in [1.165, 1.54) is 12.1 Å². The van der Waals surface area contributed by atoms with Crippen LogP contribution in [0.15, 0.2) is 18.2 Å². The fraction of sp³-hybridized carbons (Fsp3) is 0.286. The first-order valence-electron chi connectivity index (χ1n) is 6.65. The monoisotopic (exact) mass is 287 g/mol. The van der Waals surface area contributed by atoms with Crippen molar-refractivity contribution in [1.29, 1.82) is 0 Å². The molecule has 1 unspecified atom stereocenters. The number of nitrogens with zero attached hydrogens (tertiary/aromatic N) is 3. The van der Waals surface area contributed by atoms with Gasteiger partial charge in [-0.3, -0.25) is 20.2 Å². The van der Waals surface area contributed by atoms with Gasteiger partial charge in [-0.05, 0) is 19.1 Å². The van der Waals surface area contributed by atoms with E-state index in [-0.39, 0.29) is 10.6 Å². The van der Waals surface area contributed by atoms with Crippen LogP contribution in [0.2, 0.25) is 0 Å². The molecule has 7 nitrogen and oxygen atoms in total. The first kappa shape index (κ1) is 13.3. The molecular formula is C14H13N3O4. The molecule has 0 fully saturated rings. The largest absolute Gasteiger partial charge is 0.341 e. The number of nitro benzene ring substituents is 1. The van der Waals surface area contributed by atoms with Gasteiger partial charge in [-0.1, -0.05) is 6.08 Å². The molecule has 3 rings (SSSR count). The molecule has 1 aliphatic rings. The highest BCUT2D eigenvalue weighted by Gasteiger charge is 2.21. The second-order valence-electron chi connectivity index (χ2n) is 4.96. The van der Waals surface area contributed by atoms with E-state index in [2.05, 4.69) is 0 Å². The van der Waals surface area contributed by atoms with Crippen LogP contribution >= 0.6 is 0 Å². The molecule has 1 aromatic heterocycles. The van der Waals surface area contributed by atoms with E-state index in [1.807, 2.05) is 17.6 Å². The Labute approximate surface area is 119 Å². The summed E-state index contributed by atoms with van der Waals surface area (Å²) in [4.78, 5) is 21.1. The number of aryl methyl sites for hydroxylation is 1. The topological polar surface area (TPSA) is 91.2 Å². The molecule has 1 heterocycles. The van der Waals surface area contributed by atoms with Crippen molar-refractivity contribution in [2.45, 2.75) is 25.9 Å².